The van der Waals surface area contributed by atoms with Crippen molar-refractivity contribution in [3.63, 3.8) is 0 Å². The molecule has 4 heteroatoms. The molecule has 0 spiro atoms. The fourth-order valence-electron chi connectivity index (χ4n) is 1.99. The first kappa shape index (κ1) is 14.9. The quantitative estimate of drug-likeness (QED) is 0.847. The van der Waals surface area contributed by atoms with Gasteiger partial charge in [0.1, 0.15) is 23.4 Å². The van der Waals surface area contributed by atoms with Gasteiger partial charge >= 0.3 is 0 Å². The summed E-state index contributed by atoms with van der Waals surface area (Å²) in [6.07, 6.45) is -0.0620. The maximum Gasteiger partial charge on any atom is 0.138 e. The molecule has 0 aliphatic rings. The van der Waals surface area contributed by atoms with Gasteiger partial charge in [0.15, 0.2) is 0 Å². The topological polar surface area (TPSA) is 42.2 Å². The smallest absolute Gasteiger partial charge is 0.138 e. The van der Waals surface area contributed by atoms with Crippen molar-refractivity contribution < 1.29 is 13.9 Å². The van der Waals surface area contributed by atoms with Crippen molar-refractivity contribution in [2.75, 3.05) is 7.11 Å². The summed E-state index contributed by atoms with van der Waals surface area (Å²) in [5.41, 5.74) is 1.53. The van der Waals surface area contributed by atoms with E-state index in [4.69, 9.17) is 14.7 Å². The number of hydrogen-bond acceptors (Lipinski definition) is 3. The molecule has 0 unspecified atom stereocenters. The van der Waals surface area contributed by atoms with Gasteiger partial charge < -0.3 is 9.47 Å². The molecule has 0 saturated heterocycles. The number of methoxy groups -OCH3 is 1. The Morgan fingerprint density at radius 3 is 2.48 bits per heavy atom. The van der Waals surface area contributed by atoms with E-state index in [0.717, 1.165) is 0 Å². The van der Waals surface area contributed by atoms with Crippen LogP contribution in [0.4, 0.5) is 4.39 Å². The van der Waals surface area contributed by atoms with Crippen molar-refractivity contribution in [2.24, 2.45) is 0 Å². The van der Waals surface area contributed by atoms with Crippen molar-refractivity contribution in [3.05, 3.63) is 47.8 Å². The van der Waals surface area contributed by atoms with Crippen molar-refractivity contribution >= 4 is 0 Å². The van der Waals surface area contributed by atoms with E-state index in [9.17, 15) is 4.39 Å². The lowest BCUT2D eigenvalue weighted by atomic mass is 10.0. The first-order valence-corrected chi connectivity index (χ1v) is 6.60. The van der Waals surface area contributed by atoms with Crippen molar-refractivity contribution in [1.82, 2.24) is 0 Å². The molecule has 0 bridgehead atoms. The number of rotatable bonds is 4. The van der Waals surface area contributed by atoms with E-state index in [0.29, 0.717) is 28.2 Å². The van der Waals surface area contributed by atoms with Crippen LogP contribution in [0.15, 0.2) is 36.4 Å². The second kappa shape index (κ2) is 6.27. The first-order chi connectivity index (χ1) is 10.0. The van der Waals surface area contributed by atoms with Gasteiger partial charge in [-0.05, 0) is 43.7 Å². The summed E-state index contributed by atoms with van der Waals surface area (Å²) < 4.78 is 24.7. The fourth-order valence-corrected chi connectivity index (χ4v) is 1.99. The zero-order chi connectivity index (χ0) is 15.4. The van der Waals surface area contributed by atoms with Crippen LogP contribution in [-0.2, 0) is 0 Å². The van der Waals surface area contributed by atoms with Crippen molar-refractivity contribution in [3.8, 4) is 28.7 Å². The highest BCUT2D eigenvalue weighted by molar-refractivity contribution is 5.68. The molecular formula is C17H16FNO2. The Balaban J connectivity index is 2.47. The number of benzene rings is 2. The van der Waals surface area contributed by atoms with Gasteiger partial charge in [-0.2, -0.15) is 5.26 Å². The van der Waals surface area contributed by atoms with Crippen LogP contribution in [0, 0.1) is 17.1 Å². The molecular weight excluding hydrogens is 269 g/mol. The second-order valence-corrected chi connectivity index (χ2v) is 4.84. The van der Waals surface area contributed by atoms with Crippen LogP contribution >= 0.6 is 0 Å². The van der Waals surface area contributed by atoms with E-state index < -0.39 is 0 Å². The Morgan fingerprint density at radius 1 is 1.14 bits per heavy atom. The van der Waals surface area contributed by atoms with Crippen LogP contribution in [-0.4, -0.2) is 13.2 Å². The number of nitrogens with zero attached hydrogens (tertiary/aromatic N) is 1. The molecule has 0 fully saturated rings. The van der Waals surface area contributed by atoms with Crippen LogP contribution in [0.3, 0.4) is 0 Å². The predicted molar refractivity (Wildman–Crippen MR) is 78.9 cm³/mol. The SMILES string of the molecule is COc1ccc(-c2ccc(C#N)c(OC(C)C)c2)c(F)c1. The molecule has 21 heavy (non-hydrogen) atoms. The Hall–Kier alpha value is -2.54. The first-order valence-electron chi connectivity index (χ1n) is 6.60. The lowest BCUT2D eigenvalue weighted by molar-refractivity contribution is 0.242. The van der Waals surface area contributed by atoms with Gasteiger partial charge in [-0.25, -0.2) is 4.39 Å². The molecule has 2 aromatic carbocycles. The van der Waals surface area contributed by atoms with E-state index in [2.05, 4.69) is 6.07 Å². The normalized spacial score (nSPS) is 10.3. The molecule has 0 N–H and O–H groups in total. The zero-order valence-corrected chi connectivity index (χ0v) is 12.2. The fraction of sp³-hybridized carbons (Fsp3) is 0.235. The molecule has 0 radical (unpaired) electrons. The summed E-state index contributed by atoms with van der Waals surface area (Å²) in [4.78, 5) is 0. The third-order valence-corrected chi connectivity index (χ3v) is 2.95. The molecule has 0 atom stereocenters. The average molecular weight is 285 g/mol. The molecule has 3 nitrogen and oxygen atoms in total. The monoisotopic (exact) mass is 285 g/mol. The highest BCUT2D eigenvalue weighted by atomic mass is 19.1. The maximum atomic E-state index is 14.1. The largest absolute Gasteiger partial charge is 0.497 e. The molecule has 108 valence electrons. The van der Waals surface area contributed by atoms with Gasteiger partial charge in [0, 0.05) is 11.6 Å². The van der Waals surface area contributed by atoms with Crippen molar-refractivity contribution in [2.45, 2.75) is 20.0 Å². The van der Waals surface area contributed by atoms with E-state index in [1.54, 1.807) is 30.3 Å². The molecule has 2 aromatic rings. The number of halogens is 1. The van der Waals surface area contributed by atoms with E-state index in [-0.39, 0.29) is 11.9 Å². The van der Waals surface area contributed by atoms with Crippen molar-refractivity contribution in [1.29, 1.82) is 5.26 Å². The number of hydrogen-bond donors (Lipinski definition) is 0. The highest BCUT2D eigenvalue weighted by Crippen LogP contribution is 2.31. The molecule has 0 aromatic heterocycles. The minimum Gasteiger partial charge on any atom is -0.497 e. The second-order valence-electron chi connectivity index (χ2n) is 4.84. The summed E-state index contributed by atoms with van der Waals surface area (Å²) in [5, 5.41) is 9.10. The number of ether oxygens (including phenoxy) is 2. The van der Waals surface area contributed by atoms with Gasteiger partial charge in [-0.1, -0.05) is 6.07 Å². The van der Waals surface area contributed by atoms with Crippen LogP contribution in [0.2, 0.25) is 0 Å². The van der Waals surface area contributed by atoms with E-state index in [1.165, 1.54) is 13.2 Å². The lowest BCUT2D eigenvalue weighted by Crippen LogP contribution is -2.07. The molecule has 0 aliphatic heterocycles. The minimum absolute atomic E-state index is 0.0620. The van der Waals surface area contributed by atoms with Gasteiger partial charge in [0.05, 0.1) is 18.8 Å². The molecule has 0 heterocycles. The average Bonchev–Trinajstić information content (AvgIpc) is 2.46. The van der Waals surface area contributed by atoms with Crippen LogP contribution in [0.25, 0.3) is 11.1 Å². The van der Waals surface area contributed by atoms with E-state index >= 15 is 0 Å². The van der Waals surface area contributed by atoms with Gasteiger partial charge in [-0.15, -0.1) is 0 Å². The molecule has 2 rings (SSSR count). The van der Waals surface area contributed by atoms with Crippen LogP contribution < -0.4 is 9.47 Å². The third-order valence-electron chi connectivity index (χ3n) is 2.95. The summed E-state index contributed by atoms with van der Waals surface area (Å²) in [6, 6.07) is 11.8. The summed E-state index contributed by atoms with van der Waals surface area (Å²) in [7, 11) is 1.49. The minimum atomic E-state index is -0.380. The van der Waals surface area contributed by atoms with Crippen LogP contribution in [0.1, 0.15) is 19.4 Å². The Labute approximate surface area is 123 Å². The maximum absolute atomic E-state index is 14.1. The highest BCUT2D eigenvalue weighted by Gasteiger charge is 2.11. The molecule has 0 saturated carbocycles. The summed E-state index contributed by atoms with van der Waals surface area (Å²) >= 11 is 0. The van der Waals surface area contributed by atoms with E-state index in [1.807, 2.05) is 13.8 Å². The van der Waals surface area contributed by atoms with Gasteiger partial charge in [0.2, 0.25) is 0 Å². The lowest BCUT2D eigenvalue weighted by Gasteiger charge is -2.13. The Kier molecular flexibility index (Phi) is 4.44. The summed E-state index contributed by atoms with van der Waals surface area (Å²) in [6.45, 7) is 3.75. The Morgan fingerprint density at radius 2 is 1.90 bits per heavy atom. The van der Waals surface area contributed by atoms with Crippen LogP contribution in [0.5, 0.6) is 11.5 Å². The molecule has 0 aliphatic carbocycles. The van der Waals surface area contributed by atoms with Gasteiger partial charge in [0.25, 0.3) is 0 Å². The predicted octanol–water partition coefficient (Wildman–Crippen LogP) is 4.16. The summed E-state index contributed by atoms with van der Waals surface area (Å²) in [5.74, 6) is 0.540. The standard InChI is InChI=1S/C17H16FNO2/c1-11(2)21-17-8-12(4-5-13(17)10-19)15-7-6-14(20-3)9-16(15)18/h4-9,11H,1-3H3. The third kappa shape index (κ3) is 3.32. The number of nitriles is 1. The Bertz CT molecular complexity index is 690. The zero-order valence-electron chi connectivity index (χ0n) is 12.2. The van der Waals surface area contributed by atoms with Gasteiger partial charge in [-0.3, -0.25) is 0 Å². The molecule has 0 amide bonds.